The average Bonchev–Trinajstić information content (AvgIpc) is 3.30. The van der Waals surface area contributed by atoms with Crippen LogP contribution in [0.4, 0.5) is 13.9 Å². The van der Waals surface area contributed by atoms with Crippen LogP contribution in [0.1, 0.15) is 15.9 Å². The van der Waals surface area contributed by atoms with Crippen molar-refractivity contribution in [2.45, 2.75) is 17.2 Å². The third kappa shape index (κ3) is 3.93. The molecule has 3 aromatic rings. The number of carbonyl (C=O) groups is 1. The molecule has 1 aliphatic rings. The van der Waals surface area contributed by atoms with Crippen molar-refractivity contribution in [2.24, 2.45) is 0 Å². The van der Waals surface area contributed by atoms with Crippen molar-refractivity contribution in [3.63, 3.8) is 0 Å². The molecule has 2 aromatic heterocycles. The molecule has 9 heteroatoms. The third-order valence-corrected chi connectivity index (χ3v) is 5.41. The Morgan fingerprint density at radius 3 is 3.07 bits per heavy atom. The number of benzene rings is 1. The second-order valence-corrected chi connectivity index (χ2v) is 7.48. The van der Waals surface area contributed by atoms with Gasteiger partial charge in [-0.2, -0.15) is 8.78 Å². The number of aromatic nitrogens is 2. The fraction of sp³-hybridized carbons (Fsp3) is 0.167. The first-order valence-corrected chi connectivity index (χ1v) is 9.79. The van der Waals surface area contributed by atoms with Gasteiger partial charge < -0.3 is 4.74 Å². The number of nitrogens with zero attached hydrogens (tertiary/aromatic N) is 2. The number of halogens is 2. The van der Waals surface area contributed by atoms with E-state index in [1.807, 2.05) is 23.6 Å². The van der Waals surface area contributed by atoms with E-state index in [1.165, 1.54) is 29.7 Å². The molecule has 0 radical (unpaired) electrons. The first-order chi connectivity index (χ1) is 13.1. The summed E-state index contributed by atoms with van der Waals surface area (Å²) in [4.78, 5) is 20.7. The Kier molecular flexibility index (Phi) is 5.04. The SMILES string of the molecule is O=C(Nc1nc(-c2ccc3c(c2)CCO3)cs1)c1cccnc1SC(F)F. The number of amides is 1. The van der Waals surface area contributed by atoms with Crippen molar-refractivity contribution in [3.8, 4) is 17.0 Å². The molecule has 0 aliphatic carbocycles. The van der Waals surface area contributed by atoms with Gasteiger partial charge in [-0.05, 0) is 47.7 Å². The van der Waals surface area contributed by atoms with Crippen molar-refractivity contribution in [2.75, 3.05) is 11.9 Å². The lowest BCUT2D eigenvalue weighted by Gasteiger charge is -2.06. The molecule has 0 spiro atoms. The van der Waals surface area contributed by atoms with Crippen LogP contribution in [-0.4, -0.2) is 28.2 Å². The average molecular weight is 405 g/mol. The summed E-state index contributed by atoms with van der Waals surface area (Å²) in [6.45, 7) is 0.682. The summed E-state index contributed by atoms with van der Waals surface area (Å²) in [5.74, 6) is -2.28. The number of hydrogen-bond donors (Lipinski definition) is 1. The summed E-state index contributed by atoms with van der Waals surface area (Å²) in [5.41, 5.74) is 2.90. The fourth-order valence-corrected chi connectivity index (χ4v) is 4.01. The molecule has 138 valence electrons. The highest BCUT2D eigenvalue weighted by Gasteiger charge is 2.18. The van der Waals surface area contributed by atoms with Gasteiger partial charge in [-0.3, -0.25) is 10.1 Å². The van der Waals surface area contributed by atoms with Crippen molar-refractivity contribution in [3.05, 3.63) is 53.0 Å². The highest BCUT2D eigenvalue weighted by atomic mass is 32.2. The standard InChI is InChI=1S/C18H13F2N3O2S2/c19-17(20)27-16-12(2-1-6-21-16)15(24)23-18-22-13(9-26-18)10-3-4-14-11(8-10)5-7-25-14/h1-4,6,8-9,17H,5,7H2,(H,22,23,24). The fourth-order valence-electron chi connectivity index (χ4n) is 2.72. The molecule has 0 unspecified atom stereocenters. The van der Waals surface area contributed by atoms with E-state index in [1.54, 1.807) is 0 Å². The minimum Gasteiger partial charge on any atom is -0.493 e. The van der Waals surface area contributed by atoms with Crippen LogP contribution in [0.25, 0.3) is 11.3 Å². The first kappa shape index (κ1) is 17.9. The highest BCUT2D eigenvalue weighted by Crippen LogP contribution is 2.32. The van der Waals surface area contributed by atoms with E-state index in [-0.39, 0.29) is 22.4 Å². The summed E-state index contributed by atoms with van der Waals surface area (Å²) in [5, 5.41) is 4.88. The highest BCUT2D eigenvalue weighted by molar-refractivity contribution is 7.99. The third-order valence-electron chi connectivity index (χ3n) is 3.93. The summed E-state index contributed by atoms with van der Waals surface area (Å²) in [7, 11) is 0. The summed E-state index contributed by atoms with van der Waals surface area (Å²) in [6, 6.07) is 8.86. The summed E-state index contributed by atoms with van der Waals surface area (Å²) in [6.07, 6.45) is 2.24. The number of rotatable bonds is 5. The number of thioether (sulfide) groups is 1. The molecule has 1 N–H and O–H groups in total. The lowest BCUT2D eigenvalue weighted by Crippen LogP contribution is -2.13. The number of alkyl halides is 2. The lowest BCUT2D eigenvalue weighted by molar-refractivity contribution is 0.102. The topological polar surface area (TPSA) is 64.1 Å². The largest absolute Gasteiger partial charge is 0.493 e. The monoisotopic (exact) mass is 405 g/mol. The van der Waals surface area contributed by atoms with Crippen molar-refractivity contribution in [1.29, 1.82) is 0 Å². The Morgan fingerprint density at radius 2 is 2.22 bits per heavy atom. The number of carbonyl (C=O) groups excluding carboxylic acids is 1. The Morgan fingerprint density at radius 1 is 1.33 bits per heavy atom. The number of anilines is 1. The predicted molar refractivity (Wildman–Crippen MR) is 101 cm³/mol. The van der Waals surface area contributed by atoms with Crippen LogP contribution in [-0.2, 0) is 6.42 Å². The van der Waals surface area contributed by atoms with Gasteiger partial charge in [-0.15, -0.1) is 11.3 Å². The lowest BCUT2D eigenvalue weighted by atomic mass is 10.1. The maximum atomic E-state index is 12.6. The van der Waals surface area contributed by atoms with Crippen LogP contribution in [0.15, 0.2) is 46.9 Å². The minimum absolute atomic E-state index is 0.0135. The zero-order valence-electron chi connectivity index (χ0n) is 13.8. The number of nitrogens with one attached hydrogen (secondary N) is 1. The van der Waals surface area contributed by atoms with E-state index < -0.39 is 11.7 Å². The Labute approximate surface area is 161 Å². The van der Waals surface area contributed by atoms with E-state index in [0.29, 0.717) is 11.7 Å². The Balaban J connectivity index is 1.52. The molecular weight excluding hydrogens is 392 g/mol. The molecular formula is C18H13F2N3O2S2. The van der Waals surface area contributed by atoms with Crippen molar-refractivity contribution < 1.29 is 18.3 Å². The molecule has 1 aromatic carbocycles. The second-order valence-electron chi connectivity index (χ2n) is 5.65. The smallest absolute Gasteiger partial charge is 0.290 e. The van der Waals surface area contributed by atoms with Crippen LogP contribution in [0.3, 0.4) is 0 Å². The Bertz CT molecular complexity index is 994. The summed E-state index contributed by atoms with van der Waals surface area (Å²) >= 11 is 1.51. The van der Waals surface area contributed by atoms with Crippen LogP contribution in [0.5, 0.6) is 5.75 Å². The van der Waals surface area contributed by atoms with E-state index in [2.05, 4.69) is 15.3 Å². The van der Waals surface area contributed by atoms with Gasteiger partial charge in [0.25, 0.3) is 11.7 Å². The van der Waals surface area contributed by atoms with Gasteiger partial charge in [-0.1, -0.05) is 0 Å². The van der Waals surface area contributed by atoms with Crippen LogP contribution in [0, 0.1) is 0 Å². The molecule has 0 bridgehead atoms. The van der Waals surface area contributed by atoms with E-state index in [4.69, 9.17) is 4.74 Å². The number of hydrogen-bond acceptors (Lipinski definition) is 6. The Hall–Kier alpha value is -2.52. The van der Waals surface area contributed by atoms with Gasteiger partial charge in [0.2, 0.25) is 0 Å². The van der Waals surface area contributed by atoms with Crippen molar-refractivity contribution in [1.82, 2.24) is 9.97 Å². The predicted octanol–water partition coefficient (Wildman–Crippen LogP) is 4.71. The molecule has 27 heavy (non-hydrogen) atoms. The molecule has 0 fully saturated rings. The maximum absolute atomic E-state index is 12.6. The van der Waals surface area contributed by atoms with Gasteiger partial charge in [0.15, 0.2) is 5.13 Å². The molecule has 0 atom stereocenters. The van der Waals surface area contributed by atoms with Crippen LogP contribution in [0.2, 0.25) is 0 Å². The van der Waals surface area contributed by atoms with Gasteiger partial charge in [0.1, 0.15) is 10.8 Å². The number of fused-ring (bicyclic) bond motifs is 1. The van der Waals surface area contributed by atoms with Gasteiger partial charge in [0, 0.05) is 23.6 Å². The maximum Gasteiger partial charge on any atom is 0.290 e. The minimum atomic E-state index is -2.65. The van der Waals surface area contributed by atoms with E-state index in [0.717, 1.165) is 29.0 Å². The second kappa shape index (κ2) is 7.61. The van der Waals surface area contributed by atoms with Gasteiger partial charge in [-0.25, -0.2) is 9.97 Å². The van der Waals surface area contributed by atoms with Crippen LogP contribution < -0.4 is 10.1 Å². The molecule has 3 heterocycles. The molecule has 4 rings (SSSR count). The molecule has 5 nitrogen and oxygen atoms in total. The molecule has 1 aliphatic heterocycles. The summed E-state index contributed by atoms with van der Waals surface area (Å²) < 4.78 is 30.8. The van der Waals surface area contributed by atoms with E-state index in [9.17, 15) is 13.6 Å². The zero-order valence-corrected chi connectivity index (χ0v) is 15.4. The van der Waals surface area contributed by atoms with Gasteiger partial charge >= 0.3 is 0 Å². The molecule has 0 saturated carbocycles. The van der Waals surface area contributed by atoms with Crippen molar-refractivity contribution >= 4 is 34.1 Å². The normalized spacial score (nSPS) is 12.7. The van der Waals surface area contributed by atoms with E-state index >= 15 is 0 Å². The zero-order chi connectivity index (χ0) is 18.8. The molecule has 0 saturated heterocycles. The van der Waals surface area contributed by atoms with Gasteiger partial charge in [0.05, 0.1) is 17.9 Å². The number of pyridine rings is 1. The molecule has 1 amide bonds. The van der Waals surface area contributed by atoms with Crippen LogP contribution >= 0.6 is 23.1 Å². The quantitative estimate of drug-likeness (QED) is 0.623. The number of thiazole rings is 1. The number of ether oxygens (including phenoxy) is 1. The first-order valence-electron chi connectivity index (χ1n) is 8.03.